The highest BCUT2D eigenvalue weighted by molar-refractivity contribution is 7.13. The van der Waals surface area contributed by atoms with Crippen LogP contribution in [-0.2, 0) is 6.54 Å². The normalized spacial score (nSPS) is 10.6. The molecule has 2 rings (SSSR count). The van der Waals surface area contributed by atoms with Gasteiger partial charge in [0.05, 0.1) is 11.4 Å². The molecule has 2 N–H and O–H groups in total. The van der Waals surface area contributed by atoms with Crippen molar-refractivity contribution in [1.29, 1.82) is 0 Å². The Kier molecular flexibility index (Phi) is 4.04. The Balaban J connectivity index is 1.89. The molecule has 96 valence electrons. The van der Waals surface area contributed by atoms with E-state index >= 15 is 0 Å². The van der Waals surface area contributed by atoms with Crippen LogP contribution >= 0.6 is 11.3 Å². The number of carbonyl (C=O) groups is 1. The van der Waals surface area contributed by atoms with Crippen molar-refractivity contribution in [2.24, 2.45) is 0 Å². The predicted octanol–water partition coefficient (Wildman–Crippen LogP) is 3.22. The summed E-state index contributed by atoms with van der Waals surface area (Å²) in [5.74, 6) is 1.59. The molecule has 0 atom stereocenters. The van der Waals surface area contributed by atoms with E-state index in [1.165, 1.54) is 0 Å². The number of thiophene rings is 1. The monoisotopic (exact) mass is 264 g/mol. The quantitative estimate of drug-likeness (QED) is 0.891. The molecule has 2 heterocycles. The third-order valence-electron chi connectivity index (χ3n) is 2.27. The Morgan fingerprint density at radius 3 is 2.89 bits per heavy atom. The number of hydrogen-bond acceptors (Lipinski definition) is 3. The fraction of sp³-hybridized carbons (Fsp3) is 0.308. The van der Waals surface area contributed by atoms with E-state index in [0.29, 0.717) is 6.54 Å². The maximum absolute atomic E-state index is 11.4. The first kappa shape index (κ1) is 12.7. The van der Waals surface area contributed by atoms with E-state index in [1.807, 2.05) is 43.5 Å². The smallest absolute Gasteiger partial charge is 0.315 e. The van der Waals surface area contributed by atoms with Crippen molar-refractivity contribution in [3.05, 3.63) is 35.4 Å². The van der Waals surface area contributed by atoms with E-state index in [2.05, 4.69) is 10.6 Å². The van der Waals surface area contributed by atoms with E-state index in [1.54, 1.807) is 11.3 Å². The first-order valence-corrected chi connectivity index (χ1v) is 6.70. The predicted molar refractivity (Wildman–Crippen MR) is 72.5 cm³/mol. The molecule has 0 bridgehead atoms. The molecule has 4 nitrogen and oxygen atoms in total. The summed E-state index contributed by atoms with van der Waals surface area (Å²) < 4.78 is 5.65. The summed E-state index contributed by atoms with van der Waals surface area (Å²) in [4.78, 5) is 12.5. The van der Waals surface area contributed by atoms with Gasteiger partial charge in [-0.25, -0.2) is 4.79 Å². The summed E-state index contributed by atoms with van der Waals surface area (Å²) in [5, 5.41) is 7.51. The summed E-state index contributed by atoms with van der Waals surface area (Å²) in [5.41, 5.74) is 0. The second-order valence-corrected chi connectivity index (χ2v) is 5.17. The van der Waals surface area contributed by atoms with E-state index in [4.69, 9.17) is 4.42 Å². The molecule has 2 amide bonds. The van der Waals surface area contributed by atoms with Gasteiger partial charge in [-0.15, -0.1) is 11.3 Å². The van der Waals surface area contributed by atoms with Crippen LogP contribution in [0.3, 0.4) is 0 Å². The van der Waals surface area contributed by atoms with Gasteiger partial charge in [-0.2, -0.15) is 0 Å². The fourth-order valence-electron chi connectivity index (χ4n) is 1.50. The van der Waals surface area contributed by atoms with Gasteiger partial charge in [-0.05, 0) is 37.4 Å². The number of rotatable bonds is 4. The van der Waals surface area contributed by atoms with Crippen LogP contribution in [0.2, 0.25) is 0 Å². The molecule has 0 radical (unpaired) electrons. The zero-order valence-electron chi connectivity index (χ0n) is 10.4. The van der Waals surface area contributed by atoms with Crippen molar-refractivity contribution in [2.45, 2.75) is 26.4 Å². The van der Waals surface area contributed by atoms with Gasteiger partial charge >= 0.3 is 6.03 Å². The summed E-state index contributed by atoms with van der Waals surface area (Å²) in [6.07, 6.45) is 0. The Morgan fingerprint density at radius 2 is 2.22 bits per heavy atom. The van der Waals surface area contributed by atoms with E-state index in [9.17, 15) is 4.79 Å². The van der Waals surface area contributed by atoms with Gasteiger partial charge in [0, 0.05) is 6.04 Å². The standard InChI is InChI=1S/C13H16N2O2S/c1-9(2)15-13(16)14-8-10-5-6-11(17-10)12-4-3-7-18-12/h3-7,9H,8H2,1-2H3,(H2,14,15,16). The Labute approximate surface area is 110 Å². The van der Waals surface area contributed by atoms with Crippen molar-refractivity contribution in [3.63, 3.8) is 0 Å². The number of urea groups is 1. The fourth-order valence-corrected chi connectivity index (χ4v) is 2.19. The molecular weight excluding hydrogens is 248 g/mol. The SMILES string of the molecule is CC(C)NC(=O)NCc1ccc(-c2cccs2)o1. The number of nitrogens with one attached hydrogen (secondary N) is 2. The van der Waals surface area contributed by atoms with Crippen molar-refractivity contribution in [2.75, 3.05) is 0 Å². The highest BCUT2D eigenvalue weighted by Crippen LogP contribution is 2.26. The molecule has 5 heteroatoms. The summed E-state index contributed by atoms with van der Waals surface area (Å²) in [6, 6.07) is 7.73. The van der Waals surface area contributed by atoms with Crippen LogP contribution in [0.5, 0.6) is 0 Å². The minimum Gasteiger partial charge on any atom is -0.458 e. The molecule has 0 aliphatic carbocycles. The Hall–Kier alpha value is -1.75. The molecule has 18 heavy (non-hydrogen) atoms. The van der Waals surface area contributed by atoms with E-state index in [0.717, 1.165) is 16.4 Å². The molecule has 0 aliphatic rings. The molecule has 0 spiro atoms. The second-order valence-electron chi connectivity index (χ2n) is 4.22. The number of amides is 2. The largest absolute Gasteiger partial charge is 0.458 e. The molecule has 0 unspecified atom stereocenters. The lowest BCUT2D eigenvalue weighted by atomic mass is 10.3. The molecule has 0 saturated heterocycles. The summed E-state index contributed by atoms with van der Waals surface area (Å²) in [6.45, 7) is 4.23. The average molecular weight is 264 g/mol. The molecule has 0 aliphatic heterocycles. The van der Waals surface area contributed by atoms with Crippen LogP contribution in [0.4, 0.5) is 4.79 Å². The van der Waals surface area contributed by atoms with Crippen molar-refractivity contribution < 1.29 is 9.21 Å². The van der Waals surface area contributed by atoms with Gasteiger partial charge in [0.15, 0.2) is 0 Å². The van der Waals surface area contributed by atoms with E-state index < -0.39 is 0 Å². The first-order valence-electron chi connectivity index (χ1n) is 5.82. The molecule has 0 saturated carbocycles. The first-order chi connectivity index (χ1) is 8.65. The lowest BCUT2D eigenvalue weighted by molar-refractivity contribution is 0.237. The van der Waals surface area contributed by atoms with Crippen molar-refractivity contribution in [3.8, 4) is 10.6 Å². The zero-order valence-corrected chi connectivity index (χ0v) is 11.2. The highest BCUT2D eigenvalue weighted by atomic mass is 32.1. The van der Waals surface area contributed by atoms with Crippen LogP contribution in [-0.4, -0.2) is 12.1 Å². The zero-order chi connectivity index (χ0) is 13.0. The van der Waals surface area contributed by atoms with Crippen LogP contribution in [0.15, 0.2) is 34.1 Å². The third kappa shape index (κ3) is 3.37. The summed E-state index contributed by atoms with van der Waals surface area (Å²) >= 11 is 1.63. The molecule has 2 aromatic heterocycles. The maximum Gasteiger partial charge on any atom is 0.315 e. The van der Waals surface area contributed by atoms with Crippen LogP contribution in [0.25, 0.3) is 10.6 Å². The van der Waals surface area contributed by atoms with Gasteiger partial charge in [-0.3, -0.25) is 0 Å². The van der Waals surface area contributed by atoms with Gasteiger partial charge in [0.1, 0.15) is 11.5 Å². The number of carbonyl (C=O) groups excluding carboxylic acids is 1. The van der Waals surface area contributed by atoms with Gasteiger partial charge in [0.25, 0.3) is 0 Å². The lowest BCUT2D eigenvalue weighted by Gasteiger charge is -2.08. The lowest BCUT2D eigenvalue weighted by Crippen LogP contribution is -2.38. The highest BCUT2D eigenvalue weighted by Gasteiger charge is 2.07. The minimum atomic E-state index is -0.181. The Bertz CT molecular complexity index is 503. The topological polar surface area (TPSA) is 54.3 Å². The van der Waals surface area contributed by atoms with Crippen LogP contribution in [0, 0.1) is 0 Å². The molecule has 0 aromatic carbocycles. The molecular formula is C13H16N2O2S. The van der Waals surface area contributed by atoms with Gasteiger partial charge in [0.2, 0.25) is 0 Å². The number of furan rings is 1. The van der Waals surface area contributed by atoms with Crippen molar-refractivity contribution >= 4 is 17.4 Å². The van der Waals surface area contributed by atoms with Gasteiger partial charge < -0.3 is 15.1 Å². The number of hydrogen-bond donors (Lipinski definition) is 2. The average Bonchev–Trinajstić information content (AvgIpc) is 2.96. The third-order valence-corrected chi connectivity index (χ3v) is 3.15. The van der Waals surface area contributed by atoms with Crippen molar-refractivity contribution in [1.82, 2.24) is 10.6 Å². The minimum absolute atomic E-state index is 0.128. The Morgan fingerprint density at radius 1 is 1.39 bits per heavy atom. The van der Waals surface area contributed by atoms with E-state index in [-0.39, 0.29) is 12.1 Å². The maximum atomic E-state index is 11.4. The van der Waals surface area contributed by atoms with Crippen LogP contribution < -0.4 is 10.6 Å². The molecule has 0 fully saturated rings. The summed E-state index contributed by atoms with van der Waals surface area (Å²) in [7, 11) is 0. The van der Waals surface area contributed by atoms with Crippen LogP contribution in [0.1, 0.15) is 19.6 Å². The second kappa shape index (κ2) is 5.73. The molecule has 2 aromatic rings. The van der Waals surface area contributed by atoms with Gasteiger partial charge in [-0.1, -0.05) is 6.07 Å².